The van der Waals surface area contributed by atoms with Crippen LogP contribution in [0.25, 0.3) is 0 Å². The van der Waals surface area contributed by atoms with Crippen LogP contribution >= 0.6 is 0 Å². The van der Waals surface area contributed by atoms with E-state index in [-0.39, 0.29) is 17.5 Å². The molecular weight excluding hydrogens is 320 g/mol. The zero-order valence-electron chi connectivity index (χ0n) is 12.5. The number of hydrogen-bond acceptors (Lipinski definition) is 7. The Morgan fingerprint density at radius 2 is 2.00 bits per heavy atom. The van der Waals surface area contributed by atoms with Gasteiger partial charge in [-0.05, 0) is 18.6 Å². The van der Waals surface area contributed by atoms with Crippen LogP contribution < -0.4 is 9.47 Å². The second-order valence-electron chi connectivity index (χ2n) is 4.99. The predicted molar refractivity (Wildman–Crippen MR) is 80.6 cm³/mol. The first-order valence-corrected chi connectivity index (χ1v) is 8.48. The Balaban J connectivity index is 1.66. The standard InChI is InChI=1S/C14H16N4O4S/c1-21-13-4-5-14(17-16-13)22-11-6-8-18(10-11)23(19,20)12-3-2-7-15-9-12/h2-5,7,9,11H,6,8,10H2,1H3/t11-/m1/s1. The summed E-state index contributed by atoms with van der Waals surface area (Å²) in [7, 11) is -2.04. The van der Waals surface area contributed by atoms with Gasteiger partial charge in [-0.15, -0.1) is 10.2 Å². The van der Waals surface area contributed by atoms with Gasteiger partial charge < -0.3 is 9.47 Å². The summed E-state index contributed by atoms with van der Waals surface area (Å²) in [6, 6.07) is 6.42. The summed E-state index contributed by atoms with van der Waals surface area (Å²) < 4.78 is 37.0. The molecule has 0 amide bonds. The molecule has 8 nitrogen and oxygen atoms in total. The molecule has 0 radical (unpaired) electrons. The van der Waals surface area contributed by atoms with Crippen molar-refractivity contribution in [2.75, 3.05) is 20.2 Å². The van der Waals surface area contributed by atoms with Gasteiger partial charge in [-0.1, -0.05) is 0 Å². The van der Waals surface area contributed by atoms with Crippen molar-refractivity contribution in [1.82, 2.24) is 19.5 Å². The molecule has 9 heteroatoms. The van der Waals surface area contributed by atoms with E-state index in [0.29, 0.717) is 24.7 Å². The monoisotopic (exact) mass is 336 g/mol. The number of methoxy groups -OCH3 is 1. The minimum absolute atomic E-state index is 0.185. The Bertz CT molecular complexity index is 752. The molecule has 1 saturated heterocycles. The highest BCUT2D eigenvalue weighted by atomic mass is 32.2. The quantitative estimate of drug-likeness (QED) is 0.794. The minimum atomic E-state index is -3.54. The van der Waals surface area contributed by atoms with Gasteiger partial charge in [-0.3, -0.25) is 4.98 Å². The maximum atomic E-state index is 12.5. The summed E-state index contributed by atoms with van der Waals surface area (Å²) in [5.41, 5.74) is 0. The van der Waals surface area contributed by atoms with Crippen molar-refractivity contribution in [3.05, 3.63) is 36.7 Å². The molecule has 0 N–H and O–H groups in total. The van der Waals surface area contributed by atoms with Gasteiger partial charge in [0.05, 0.1) is 13.7 Å². The van der Waals surface area contributed by atoms with Crippen LogP contribution in [-0.4, -0.2) is 54.2 Å². The lowest BCUT2D eigenvalue weighted by atomic mass is 10.3. The minimum Gasteiger partial charge on any atom is -0.480 e. The number of pyridine rings is 1. The molecule has 0 unspecified atom stereocenters. The molecule has 0 bridgehead atoms. The van der Waals surface area contributed by atoms with Crippen LogP contribution in [0, 0.1) is 0 Å². The second-order valence-corrected chi connectivity index (χ2v) is 6.93. The van der Waals surface area contributed by atoms with Crippen molar-refractivity contribution in [3.63, 3.8) is 0 Å². The summed E-state index contributed by atoms with van der Waals surface area (Å²) >= 11 is 0. The maximum Gasteiger partial charge on any atom is 0.244 e. The Kier molecular flexibility index (Phi) is 4.39. The Hall–Kier alpha value is -2.26. The van der Waals surface area contributed by atoms with Gasteiger partial charge >= 0.3 is 0 Å². The highest BCUT2D eigenvalue weighted by molar-refractivity contribution is 7.89. The van der Waals surface area contributed by atoms with E-state index in [2.05, 4.69) is 15.2 Å². The number of hydrogen-bond donors (Lipinski definition) is 0. The highest BCUT2D eigenvalue weighted by Gasteiger charge is 2.33. The number of aromatic nitrogens is 3. The third kappa shape index (κ3) is 3.40. The van der Waals surface area contributed by atoms with Crippen LogP contribution in [0.2, 0.25) is 0 Å². The topological polar surface area (TPSA) is 94.5 Å². The molecule has 122 valence electrons. The van der Waals surface area contributed by atoms with Crippen molar-refractivity contribution in [2.45, 2.75) is 17.4 Å². The summed E-state index contributed by atoms with van der Waals surface area (Å²) in [5.74, 6) is 0.737. The molecule has 1 aliphatic heterocycles. The SMILES string of the molecule is COc1ccc(O[C@@H]2CCN(S(=O)(=O)c3cccnc3)C2)nn1. The normalized spacial score (nSPS) is 18.7. The molecule has 2 aromatic heterocycles. The van der Waals surface area contributed by atoms with Crippen molar-refractivity contribution in [1.29, 1.82) is 0 Å². The first-order chi connectivity index (χ1) is 11.1. The van der Waals surface area contributed by atoms with Crippen LogP contribution in [-0.2, 0) is 10.0 Å². The van der Waals surface area contributed by atoms with Crippen LogP contribution in [0.4, 0.5) is 0 Å². The lowest BCUT2D eigenvalue weighted by Crippen LogP contribution is -2.31. The Morgan fingerprint density at radius 1 is 1.22 bits per heavy atom. The molecule has 23 heavy (non-hydrogen) atoms. The fourth-order valence-electron chi connectivity index (χ4n) is 2.31. The van der Waals surface area contributed by atoms with Crippen molar-refractivity contribution in [2.24, 2.45) is 0 Å². The molecule has 0 aromatic carbocycles. The molecule has 1 aliphatic rings. The van der Waals surface area contributed by atoms with E-state index in [1.807, 2.05) is 0 Å². The fourth-order valence-corrected chi connectivity index (χ4v) is 3.76. The lowest BCUT2D eigenvalue weighted by Gasteiger charge is -2.16. The summed E-state index contributed by atoms with van der Waals surface area (Å²) in [6.07, 6.45) is 3.22. The van der Waals surface area contributed by atoms with Crippen molar-refractivity contribution < 1.29 is 17.9 Å². The molecule has 1 fully saturated rings. The molecule has 0 saturated carbocycles. The van der Waals surface area contributed by atoms with Crippen molar-refractivity contribution in [3.8, 4) is 11.8 Å². The summed E-state index contributed by atoms with van der Waals surface area (Å²) in [6.45, 7) is 0.663. The fraction of sp³-hybridized carbons (Fsp3) is 0.357. The molecule has 2 aromatic rings. The molecule has 3 rings (SSSR count). The van der Waals surface area contributed by atoms with Gasteiger partial charge in [0, 0.05) is 31.1 Å². The third-order valence-corrected chi connectivity index (χ3v) is 5.34. The zero-order chi connectivity index (χ0) is 16.3. The van der Waals surface area contributed by atoms with Gasteiger partial charge in [-0.2, -0.15) is 4.31 Å². The molecular formula is C14H16N4O4S. The molecule has 0 spiro atoms. The summed E-state index contributed by atoms with van der Waals surface area (Å²) in [5, 5.41) is 7.70. The molecule has 3 heterocycles. The lowest BCUT2D eigenvalue weighted by molar-refractivity contribution is 0.203. The van der Waals surface area contributed by atoms with Gasteiger partial charge in [0.1, 0.15) is 11.0 Å². The van der Waals surface area contributed by atoms with Gasteiger partial charge in [0.15, 0.2) is 0 Å². The van der Waals surface area contributed by atoms with Gasteiger partial charge in [0.25, 0.3) is 0 Å². The second kappa shape index (κ2) is 6.47. The third-order valence-electron chi connectivity index (χ3n) is 3.49. The maximum absolute atomic E-state index is 12.5. The van der Waals surface area contributed by atoms with Crippen LogP contribution in [0.15, 0.2) is 41.6 Å². The van der Waals surface area contributed by atoms with Gasteiger partial charge in [0.2, 0.25) is 21.8 Å². The van der Waals surface area contributed by atoms with Gasteiger partial charge in [-0.25, -0.2) is 8.42 Å². The van der Waals surface area contributed by atoms with Crippen molar-refractivity contribution >= 4 is 10.0 Å². The van der Waals surface area contributed by atoms with Crippen LogP contribution in [0.3, 0.4) is 0 Å². The predicted octanol–water partition coefficient (Wildman–Crippen LogP) is 0.722. The Morgan fingerprint density at radius 3 is 2.65 bits per heavy atom. The number of nitrogens with zero attached hydrogens (tertiary/aromatic N) is 4. The molecule has 0 aliphatic carbocycles. The van der Waals surface area contributed by atoms with E-state index in [0.717, 1.165) is 0 Å². The van der Waals surface area contributed by atoms with E-state index < -0.39 is 10.0 Å². The smallest absolute Gasteiger partial charge is 0.244 e. The first kappa shape index (κ1) is 15.6. The van der Waals surface area contributed by atoms with Crippen LogP contribution in [0.5, 0.6) is 11.8 Å². The number of sulfonamides is 1. The average molecular weight is 336 g/mol. The van der Waals surface area contributed by atoms with E-state index in [4.69, 9.17) is 9.47 Å². The van der Waals surface area contributed by atoms with E-state index in [1.54, 1.807) is 18.2 Å². The van der Waals surface area contributed by atoms with E-state index in [1.165, 1.54) is 29.9 Å². The number of rotatable bonds is 5. The largest absolute Gasteiger partial charge is 0.480 e. The zero-order valence-corrected chi connectivity index (χ0v) is 13.3. The first-order valence-electron chi connectivity index (χ1n) is 7.04. The number of ether oxygens (including phenoxy) is 2. The van der Waals surface area contributed by atoms with Crippen LogP contribution in [0.1, 0.15) is 6.42 Å². The average Bonchev–Trinajstić information content (AvgIpc) is 3.06. The van der Waals surface area contributed by atoms with E-state index >= 15 is 0 Å². The van der Waals surface area contributed by atoms with E-state index in [9.17, 15) is 8.42 Å². The molecule has 1 atom stereocenters. The Labute approximate surface area is 134 Å². The highest BCUT2D eigenvalue weighted by Crippen LogP contribution is 2.23. The summed E-state index contributed by atoms with van der Waals surface area (Å²) in [4.78, 5) is 4.04.